The molecular weight excluding hydrogens is 377 g/mol. The van der Waals surface area contributed by atoms with Crippen LogP contribution in [-0.2, 0) is 4.79 Å². The standard InChI is InChI=1S/C18H15ClFN3O2S/c1-2-15(25-14-9-7-13(20)8-10-14)16(24)21-18-23-22-17(26-18)11-3-5-12(19)6-4-11/h3-10,15H,2H2,1H3,(H,21,23,24)/t15-/m0/s1. The molecule has 1 amide bonds. The van der Waals surface area contributed by atoms with E-state index in [1.165, 1.54) is 35.6 Å². The minimum Gasteiger partial charge on any atom is -0.481 e. The van der Waals surface area contributed by atoms with Crippen molar-refractivity contribution >= 4 is 34.0 Å². The van der Waals surface area contributed by atoms with Crippen molar-refractivity contribution in [2.24, 2.45) is 0 Å². The summed E-state index contributed by atoms with van der Waals surface area (Å²) in [6.07, 6.45) is -0.269. The molecule has 0 bridgehead atoms. The highest BCUT2D eigenvalue weighted by atomic mass is 35.5. The Kier molecular flexibility index (Phi) is 5.80. The number of nitrogens with zero attached hydrogens (tertiary/aromatic N) is 2. The molecule has 0 aliphatic carbocycles. The molecule has 1 aromatic heterocycles. The Labute approximate surface area is 158 Å². The number of carbonyl (C=O) groups excluding carboxylic acids is 1. The van der Waals surface area contributed by atoms with Crippen molar-refractivity contribution in [1.82, 2.24) is 10.2 Å². The summed E-state index contributed by atoms with van der Waals surface area (Å²) in [4.78, 5) is 12.4. The Balaban J connectivity index is 1.66. The number of benzene rings is 2. The van der Waals surface area contributed by atoms with Crippen LogP contribution in [0.25, 0.3) is 10.6 Å². The lowest BCUT2D eigenvalue weighted by atomic mass is 10.2. The summed E-state index contributed by atoms with van der Waals surface area (Å²) in [5, 5.41) is 12.5. The highest BCUT2D eigenvalue weighted by Gasteiger charge is 2.20. The quantitative estimate of drug-likeness (QED) is 0.655. The molecule has 0 radical (unpaired) electrons. The number of nitrogens with one attached hydrogen (secondary N) is 1. The fourth-order valence-corrected chi connectivity index (χ4v) is 3.05. The SMILES string of the molecule is CC[C@H](Oc1ccc(F)cc1)C(=O)Nc1nnc(-c2ccc(Cl)cc2)s1. The summed E-state index contributed by atoms with van der Waals surface area (Å²) < 4.78 is 18.6. The van der Waals surface area contributed by atoms with Crippen LogP contribution in [0.5, 0.6) is 5.75 Å². The van der Waals surface area contributed by atoms with Gasteiger partial charge >= 0.3 is 0 Å². The highest BCUT2D eigenvalue weighted by Crippen LogP contribution is 2.27. The fourth-order valence-electron chi connectivity index (χ4n) is 2.17. The van der Waals surface area contributed by atoms with Crippen molar-refractivity contribution in [2.45, 2.75) is 19.4 Å². The van der Waals surface area contributed by atoms with Gasteiger partial charge in [0.15, 0.2) is 6.10 Å². The minimum absolute atomic E-state index is 0.337. The van der Waals surface area contributed by atoms with Gasteiger partial charge in [-0.25, -0.2) is 4.39 Å². The summed E-state index contributed by atoms with van der Waals surface area (Å²) in [6.45, 7) is 1.83. The molecular formula is C18H15ClFN3O2S. The zero-order valence-electron chi connectivity index (χ0n) is 13.8. The Morgan fingerprint density at radius 1 is 1.19 bits per heavy atom. The molecule has 0 saturated carbocycles. The molecule has 1 N–H and O–H groups in total. The van der Waals surface area contributed by atoms with Crippen LogP contribution in [0.1, 0.15) is 13.3 Å². The van der Waals surface area contributed by atoms with Gasteiger partial charge in [-0.3, -0.25) is 10.1 Å². The maximum absolute atomic E-state index is 13.0. The number of amides is 1. The predicted octanol–water partition coefficient (Wildman–Crippen LogP) is 4.79. The van der Waals surface area contributed by atoms with E-state index < -0.39 is 6.10 Å². The van der Waals surface area contributed by atoms with Gasteiger partial charge in [0, 0.05) is 10.6 Å². The molecule has 0 unspecified atom stereocenters. The van der Waals surface area contributed by atoms with E-state index in [-0.39, 0.29) is 11.7 Å². The van der Waals surface area contributed by atoms with Gasteiger partial charge in [-0.05, 0) is 42.8 Å². The van der Waals surface area contributed by atoms with Gasteiger partial charge in [-0.2, -0.15) is 0 Å². The van der Waals surface area contributed by atoms with Crippen molar-refractivity contribution in [3.63, 3.8) is 0 Å². The summed E-state index contributed by atoms with van der Waals surface area (Å²) in [7, 11) is 0. The molecule has 3 aromatic rings. The molecule has 0 aliphatic heterocycles. The molecule has 0 aliphatic rings. The van der Waals surface area contributed by atoms with Crippen molar-refractivity contribution < 1.29 is 13.9 Å². The number of carbonyl (C=O) groups is 1. The molecule has 0 saturated heterocycles. The van der Waals surface area contributed by atoms with E-state index in [1.54, 1.807) is 12.1 Å². The molecule has 0 fully saturated rings. The van der Waals surface area contributed by atoms with Crippen molar-refractivity contribution in [2.75, 3.05) is 5.32 Å². The van der Waals surface area contributed by atoms with E-state index in [2.05, 4.69) is 15.5 Å². The third-order valence-electron chi connectivity index (χ3n) is 3.50. The van der Waals surface area contributed by atoms with Crippen LogP contribution in [-0.4, -0.2) is 22.2 Å². The number of ether oxygens (including phenoxy) is 1. The van der Waals surface area contributed by atoms with Gasteiger partial charge in [-0.15, -0.1) is 10.2 Å². The highest BCUT2D eigenvalue weighted by molar-refractivity contribution is 7.18. The predicted molar refractivity (Wildman–Crippen MR) is 100 cm³/mol. The Bertz CT molecular complexity index is 884. The van der Waals surface area contributed by atoms with Crippen molar-refractivity contribution in [3.8, 4) is 16.3 Å². The third-order valence-corrected chi connectivity index (χ3v) is 4.64. The van der Waals surface area contributed by atoms with E-state index in [1.807, 2.05) is 19.1 Å². The first kappa shape index (κ1) is 18.3. The maximum atomic E-state index is 13.0. The fraction of sp³-hybridized carbons (Fsp3) is 0.167. The molecule has 8 heteroatoms. The first-order valence-electron chi connectivity index (χ1n) is 7.87. The Morgan fingerprint density at radius 2 is 1.88 bits per heavy atom. The van der Waals surface area contributed by atoms with Crippen molar-refractivity contribution in [1.29, 1.82) is 0 Å². The Hall–Kier alpha value is -2.51. The number of halogens is 2. The van der Waals surface area contributed by atoms with E-state index in [0.29, 0.717) is 27.3 Å². The number of aromatic nitrogens is 2. The molecule has 3 rings (SSSR count). The normalized spacial score (nSPS) is 11.8. The van der Waals surface area contributed by atoms with Gasteiger partial charge in [0.2, 0.25) is 5.13 Å². The van der Waals surface area contributed by atoms with E-state index in [4.69, 9.17) is 16.3 Å². The van der Waals surface area contributed by atoms with Gasteiger partial charge in [0.05, 0.1) is 0 Å². The summed E-state index contributed by atoms with van der Waals surface area (Å²) in [5.74, 6) is -0.276. The van der Waals surface area contributed by atoms with Crippen LogP contribution in [0.3, 0.4) is 0 Å². The zero-order valence-corrected chi connectivity index (χ0v) is 15.4. The lowest BCUT2D eigenvalue weighted by Crippen LogP contribution is -2.32. The molecule has 2 aromatic carbocycles. The van der Waals surface area contributed by atoms with Crippen molar-refractivity contribution in [3.05, 3.63) is 59.4 Å². The average Bonchev–Trinajstić information content (AvgIpc) is 3.10. The van der Waals surface area contributed by atoms with E-state index in [0.717, 1.165) is 5.56 Å². The largest absolute Gasteiger partial charge is 0.481 e. The number of hydrogen-bond acceptors (Lipinski definition) is 5. The lowest BCUT2D eigenvalue weighted by Gasteiger charge is -2.16. The summed E-state index contributed by atoms with van der Waals surface area (Å²) in [5.41, 5.74) is 0.863. The summed E-state index contributed by atoms with van der Waals surface area (Å²) in [6, 6.07) is 12.7. The second-order valence-electron chi connectivity index (χ2n) is 5.38. The van der Waals surface area contributed by atoms with Gasteiger partial charge < -0.3 is 4.74 Å². The number of anilines is 1. The molecule has 26 heavy (non-hydrogen) atoms. The first-order valence-corrected chi connectivity index (χ1v) is 9.07. The number of rotatable bonds is 6. The molecule has 0 spiro atoms. The van der Waals surface area contributed by atoms with Gasteiger partial charge in [-0.1, -0.05) is 42.0 Å². The minimum atomic E-state index is -0.719. The van der Waals surface area contributed by atoms with E-state index in [9.17, 15) is 9.18 Å². The van der Waals surface area contributed by atoms with Gasteiger partial charge in [0.25, 0.3) is 5.91 Å². The monoisotopic (exact) mass is 391 g/mol. The van der Waals surface area contributed by atoms with Crippen LogP contribution in [0.2, 0.25) is 5.02 Å². The smallest absolute Gasteiger partial charge is 0.267 e. The molecule has 134 valence electrons. The van der Waals surface area contributed by atoms with Crippen LogP contribution >= 0.6 is 22.9 Å². The number of hydrogen-bond donors (Lipinski definition) is 1. The van der Waals surface area contributed by atoms with Crippen LogP contribution < -0.4 is 10.1 Å². The summed E-state index contributed by atoms with van der Waals surface area (Å²) >= 11 is 7.13. The Morgan fingerprint density at radius 3 is 2.54 bits per heavy atom. The average molecular weight is 392 g/mol. The van der Waals surface area contributed by atoms with Crippen LogP contribution in [0.4, 0.5) is 9.52 Å². The first-order chi connectivity index (χ1) is 12.5. The molecule has 1 heterocycles. The lowest BCUT2D eigenvalue weighted by molar-refractivity contribution is -0.122. The van der Waals surface area contributed by atoms with E-state index >= 15 is 0 Å². The second-order valence-corrected chi connectivity index (χ2v) is 6.79. The van der Waals surface area contributed by atoms with Crippen LogP contribution in [0, 0.1) is 5.82 Å². The second kappa shape index (κ2) is 8.25. The maximum Gasteiger partial charge on any atom is 0.267 e. The third kappa shape index (κ3) is 4.56. The topological polar surface area (TPSA) is 64.1 Å². The zero-order chi connectivity index (χ0) is 18.5. The van der Waals surface area contributed by atoms with Crippen LogP contribution in [0.15, 0.2) is 48.5 Å². The molecule has 1 atom stereocenters. The molecule has 5 nitrogen and oxygen atoms in total. The van der Waals surface area contributed by atoms with Gasteiger partial charge in [0.1, 0.15) is 16.6 Å².